The minimum absolute atomic E-state index is 0.0493. The van der Waals surface area contributed by atoms with Gasteiger partial charge >= 0.3 is 5.69 Å². The van der Waals surface area contributed by atoms with Gasteiger partial charge in [-0.1, -0.05) is 57.7 Å². The Morgan fingerprint density at radius 2 is 1.72 bits per heavy atom. The van der Waals surface area contributed by atoms with Crippen molar-refractivity contribution in [3.05, 3.63) is 53.0 Å². The van der Waals surface area contributed by atoms with Crippen LogP contribution in [0.25, 0.3) is 10.9 Å². The first kappa shape index (κ1) is 21.0. The number of rotatable bonds is 8. The van der Waals surface area contributed by atoms with Crippen LogP contribution in [0.2, 0.25) is 0 Å². The molecule has 0 radical (unpaired) electrons. The summed E-state index contributed by atoms with van der Waals surface area (Å²) in [6.07, 6.45) is 3.14. The Morgan fingerprint density at radius 3 is 2.38 bits per heavy atom. The average Bonchev–Trinajstić information content (AvgIpc) is 2.66. The van der Waals surface area contributed by atoms with Crippen LogP contribution in [-0.4, -0.2) is 33.0 Å². The molecular formula is C21H25N5O2S. The van der Waals surface area contributed by atoms with Crippen molar-refractivity contribution < 1.29 is 4.92 Å². The van der Waals surface area contributed by atoms with E-state index in [9.17, 15) is 10.1 Å². The van der Waals surface area contributed by atoms with Crippen molar-refractivity contribution in [2.45, 2.75) is 37.6 Å². The molecule has 0 fully saturated rings. The Kier molecular flexibility index (Phi) is 6.64. The lowest BCUT2D eigenvalue weighted by Gasteiger charge is -2.27. The molecule has 0 amide bonds. The summed E-state index contributed by atoms with van der Waals surface area (Å²) in [5.74, 6) is 1.08. The summed E-state index contributed by atoms with van der Waals surface area (Å²) in [6.45, 7) is 9.76. The summed E-state index contributed by atoms with van der Waals surface area (Å²) in [5, 5.41) is 13.4. The second-order valence-corrected chi connectivity index (χ2v) is 8.76. The van der Waals surface area contributed by atoms with Gasteiger partial charge in [-0.05, 0) is 24.0 Å². The van der Waals surface area contributed by atoms with E-state index in [0.29, 0.717) is 35.8 Å². The normalized spacial score (nSPS) is 11.4. The highest BCUT2D eigenvalue weighted by Gasteiger charge is 2.28. The van der Waals surface area contributed by atoms with E-state index in [2.05, 4.69) is 42.6 Å². The van der Waals surface area contributed by atoms with E-state index in [1.807, 2.05) is 35.2 Å². The van der Waals surface area contributed by atoms with E-state index in [0.717, 1.165) is 15.8 Å². The molecule has 8 heteroatoms. The Bertz CT molecular complexity index is 994. The van der Waals surface area contributed by atoms with Gasteiger partial charge in [-0.25, -0.2) is 9.97 Å². The number of para-hydroxylation sites is 1. The molecule has 0 atom stereocenters. The largest absolute Gasteiger partial charge is 0.350 e. The van der Waals surface area contributed by atoms with Crippen LogP contribution < -0.4 is 4.90 Å². The molecule has 0 aliphatic rings. The Balaban J connectivity index is 2.07. The van der Waals surface area contributed by atoms with Crippen LogP contribution in [0.1, 0.15) is 27.7 Å². The Morgan fingerprint density at radius 1 is 1.03 bits per heavy atom. The number of hydrogen-bond acceptors (Lipinski definition) is 7. The first-order valence-electron chi connectivity index (χ1n) is 9.62. The zero-order valence-electron chi connectivity index (χ0n) is 17.1. The van der Waals surface area contributed by atoms with Crippen LogP contribution in [0.4, 0.5) is 11.5 Å². The van der Waals surface area contributed by atoms with Crippen LogP contribution >= 0.6 is 11.8 Å². The minimum Gasteiger partial charge on any atom is -0.350 e. The number of benzene rings is 1. The summed E-state index contributed by atoms with van der Waals surface area (Å²) in [6, 6.07) is 9.64. The molecule has 2 heterocycles. The van der Waals surface area contributed by atoms with Crippen molar-refractivity contribution in [3.8, 4) is 0 Å². The third-order valence-corrected chi connectivity index (χ3v) is 5.27. The zero-order chi connectivity index (χ0) is 21.0. The van der Waals surface area contributed by atoms with E-state index in [1.165, 1.54) is 18.1 Å². The molecule has 3 rings (SSSR count). The van der Waals surface area contributed by atoms with Gasteiger partial charge in [0.1, 0.15) is 6.33 Å². The summed E-state index contributed by atoms with van der Waals surface area (Å²) in [7, 11) is 0. The fraction of sp³-hybridized carbons (Fsp3) is 0.381. The number of pyridine rings is 1. The highest BCUT2D eigenvalue weighted by Crippen LogP contribution is 2.40. The van der Waals surface area contributed by atoms with Crippen molar-refractivity contribution in [1.29, 1.82) is 0 Å². The van der Waals surface area contributed by atoms with Gasteiger partial charge in [0.15, 0.2) is 5.03 Å². The molecule has 7 nitrogen and oxygen atoms in total. The summed E-state index contributed by atoms with van der Waals surface area (Å²) < 4.78 is 0. The predicted molar refractivity (Wildman–Crippen MR) is 116 cm³/mol. The molecule has 0 spiro atoms. The van der Waals surface area contributed by atoms with E-state index in [4.69, 9.17) is 0 Å². The van der Waals surface area contributed by atoms with Crippen LogP contribution in [0.5, 0.6) is 0 Å². The van der Waals surface area contributed by atoms with Crippen molar-refractivity contribution in [2.24, 2.45) is 11.8 Å². The first-order chi connectivity index (χ1) is 13.9. The second-order valence-electron chi connectivity index (χ2n) is 7.73. The van der Waals surface area contributed by atoms with Crippen LogP contribution in [0.3, 0.4) is 0 Å². The molecule has 0 saturated carbocycles. The lowest BCUT2D eigenvalue weighted by atomic mass is 10.1. The summed E-state index contributed by atoms with van der Waals surface area (Å²) in [4.78, 5) is 27.5. The smallest absolute Gasteiger partial charge is 0.343 e. The molecule has 0 aliphatic carbocycles. The van der Waals surface area contributed by atoms with E-state index in [1.54, 1.807) is 6.20 Å². The second kappa shape index (κ2) is 9.17. The maximum absolute atomic E-state index is 12.0. The molecule has 0 unspecified atom stereocenters. The molecule has 152 valence electrons. The maximum atomic E-state index is 12.0. The number of fused-ring (bicyclic) bond motifs is 1. The van der Waals surface area contributed by atoms with Gasteiger partial charge in [0, 0.05) is 29.6 Å². The third kappa shape index (κ3) is 5.00. The fourth-order valence-electron chi connectivity index (χ4n) is 3.21. The quantitative estimate of drug-likeness (QED) is 0.286. The molecule has 0 bridgehead atoms. The van der Waals surface area contributed by atoms with Gasteiger partial charge < -0.3 is 4.90 Å². The lowest BCUT2D eigenvalue weighted by Crippen LogP contribution is -2.32. The van der Waals surface area contributed by atoms with Gasteiger partial charge in [-0.3, -0.25) is 15.1 Å². The van der Waals surface area contributed by atoms with Crippen molar-refractivity contribution in [1.82, 2.24) is 15.0 Å². The van der Waals surface area contributed by atoms with Crippen molar-refractivity contribution in [3.63, 3.8) is 0 Å². The van der Waals surface area contributed by atoms with Crippen molar-refractivity contribution >= 4 is 34.2 Å². The number of nitrogens with zero attached hydrogens (tertiary/aromatic N) is 5. The lowest BCUT2D eigenvalue weighted by molar-refractivity contribution is -0.387. The Hall–Kier alpha value is -2.74. The van der Waals surface area contributed by atoms with Crippen molar-refractivity contribution in [2.75, 3.05) is 18.0 Å². The van der Waals surface area contributed by atoms with E-state index < -0.39 is 0 Å². The Labute approximate surface area is 174 Å². The fourth-order valence-corrected chi connectivity index (χ4v) is 4.20. The maximum Gasteiger partial charge on any atom is 0.343 e. The SMILES string of the molecule is CC(C)CN(CC(C)C)c1ncnc(Sc2cccc3cccnc23)c1[N+](=O)[O-]. The highest BCUT2D eigenvalue weighted by atomic mass is 32.2. The molecular weight excluding hydrogens is 386 g/mol. The number of aromatic nitrogens is 3. The standard InChI is InChI=1S/C21H25N5O2S/c1-14(2)11-25(12-15(3)4)20-19(26(27)28)21(24-13-23-20)29-17-9-5-7-16-8-6-10-22-18(16)17/h5-10,13-15H,11-12H2,1-4H3. The predicted octanol–water partition coefficient (Wildman–Crippen LogP) is 5.20. The molecule has 3 aromatic rings. The molecule has 0 aliphatic heterocycles. The van der Waals surface area contributed by atoms with Gasteiger partial charge in [-0.2, -0.15) is 0 Å². The van der Waals surface area contributed by atoms with Crippen LogP contribution in [0.15, 0.2) is 52.8 Å². The van der Waals surface area contributed by atoms with Crippen LogP contribution in [-0.2, 0) is 0 Å². The topological polar surface area (TPSA) is 85.0 Å². The van der Waals surface area contributed by atoms with Gasteiger partial charge in [-0.15, -0.1) is 0 Å². The first-order valence-corrected chi connectivity index (χ1v) is 10.4. The molecule has 29 heavy (non-hydrogen) atoms. The third-order valence-electron chi connectivity index (χ3n) is 4.22. The zero-order valence-corrected chi connectivity index (χ0v) is 17.9. The number of hydrogen-bond donors (Lipinski definition) is 0. The van der Waals surface area contributed by atoms with E-state index >= 15 is 0 Å². The van der Waals surface area contributed by atoms with Gasteiger partial charge in [0.25, 0.3) is 0 Å². The molecule has 0 saturated heterocycles. The molecule has 2 aromatic heterocycles. The number of anilines is 1. The monoisotopic (exact) mass is 411 g/mol. The highest BCUT2D eigenvalue weighted by molar-refractivity contribution is 7.99. The summed E-state index contributed by atoms with van der Waals surface area (Å²) in [5.41, 5.74) is 0.752. The molecule has 1 aromatic carbocycles. The molecule has 0 N–H and O–H groups in total. The average molecular weight is 412 g/mol. The van der Waals surface area contributed by atoms with Gasteiger partial charge in [0.2, 0.25) is 5.82 Å². The summed E-state index contributed by atoms with van der Waals surface area (Å²) >= 11 is 1.26. The number of nitro groups is 1. The van der Waals surface area contributed by atoms with Crippen LogP contribution in [0, 0.1) is 22.0 Å². The van der Waals surface area contributed by atoms with E-state index in [-0.39, 0.29) is 10.6 Å². The minimum atomic E-state index is -0.371. The van der Waals surface area contributed by atoms with Gasteiger partial charge in [0.05, 0.1) is 10.4 Å².